The molecule has 2 unspecified atom stereocenters. The molecule has 2 rings (SSSR count). The number of hydrogen-bond acceptors (Lipinski definition) is 5. The van der Waals surface area contributed by atoms with Crippen molar-refractivity contribution >= 4 is 113 Å². The molecule has 11 heteroatoms. The number of rotatable bonds is 10. The Kier molecular flexibility index (Phi) is 17.4. The van der Waals surface area contributed by atoms with Crippen LogP contribution in [0.3, 0.4) is 0 Å². The molecule has 4 nitrogen and oxygen atoms in total. The van der Waals surface area contributed by atoms with Gasteiger partial charge in [-0.25, -0.2) is 8.42 Å². The summed E-state index contributed by atoms with van der Waals surface area (Å²) in [5, 5.41) is 0. The molecule has 0 aliphatic rings. The van der Waals surface area contributed by atoms with E-state index in [1.165, 1.54) is 0 Å². The molecule has 0 amide bonds. The Labute approximate surface area is 221 Å². The molecule has 0 spiro atoms. The van der Waals surface area contributed by atoms with E-state index in [2.05, 4.69) is 0 Å². The van der Waals surface area contributed by atoms with Crippen molar-refractivity contribution in [2.45, 2.75) is 23.0 Å². The van der Waals surface area contributed by atoms with Crippen LogP contribution < -0.4 is 0 Å². The molecule has 2 radical (unpaired) electrons. The molecule has 0 aliphatic carbocycles. The molecule has 138 valence electrons. The first-order chi connectivity index (χ1) is 12.1. The van der Waals surface area contributed by atoms with E-state index < -0.39 is 22.2 Å². The average Bonchev–Trinajstić information content (AvgIpc) is 2.56. The van der Waals surface area contributed by atoms with Gasteiger partial charge < -0.3 is 9.11 Å². The van der Waals surface area contributed by atoms with Gasteiger partial charge in [0.05, 0.1) is 11.5 Å². The zero-order valence-electron chi connectivity index (χ0n) is 15.2. The Balaban J connectivity index is 0.00000338. The van der Waals surface area contributed by atoms with Gasteiger partial charge in [-0.3, -0.25) is 0 Å². The van der Waals surface area contributed by atoms with E-state index in [1.807, 2.05) is 48.5 Å². The van der Waals surface area contributed by atoms with E-state index in [0.29, 0.717) is 0 Å². The molecule has 2 N–H and O–H groups in total. The molecule has 0 aliphatic heterocycles. The fourth-order valence-electron chi connectivity index (χ4n) is 2.15. The maximum Gasteiger partial charge on any atom is 0.157 e. The van der Waals surface area contributed by atoms with Gasteiger partial charge in [-0.1, -0.05) is 70.1 Å². The summed E-state index contributed by atoms with van der Waals surface area (Å²) in [6.07, 6.45) is 0. The minimum absolute atomic E-state index is 0. The average molecular weight is 481 g/mol. The Morgan fingerprint density at radius 1 is 0.667 bits per heavy atom. The van der Waals surface area contributed by atoms with Crippen LogP contribution >= 0.6 is 31.4 Å². The van der Waals surface area contributed by atoms with Crippen molar-refractivity contribution in [3.8, 4) is 0 Å². The van der Waals surface area contributed by atoms with Gasteiger partial charge in [-0.2, -0.15) is 0 Å². The minimum Gasteiger partial charge on any atom is -0.306 e. The van der Waals surface area contributed by atoms with Gasteiger partial charge in [0, 0.05) is 70.6 Å². The maximum atomic E-state index is 11.0. The van der Waals surface area contributed by atoms with Gasteiger partial charge in [0.2, 0.25) is 0 Å². The summed E-state index contributed by atoms with van der Waals surface area (Å²) < 4.78 is 40.2. The standard InChI is InChI=1S/C16H18O4S5.2Na/c17-24(18)11-15-7-3-1-5-13(15)9-21-23-22-10-14-6-2-4-8-16(14)12-25(19)20;;/h1-8H,9-12H2,(H,17,18)(H,19,20);;. The monoisotopic (exact) mass is 480 g/mol. The third-order valence-electron chi connectivity index (χ3n) is 3.32. The molecule has 2 aromatic carbocycles. The molecule has 0 saturated heterocycles. The Bertz CT molecular complexity index is 687. The second-order valence-electron chi connectivity index (χ2n) is 5.06. The van der Waals surface area contributed by atoms with Crippen LogP contribution in [0, 0.1) is 0 Å². The second kappa shape index (κ2) is 16.4. The summed E-state index contributed by atoms with van der Waals surface area (Å²) in [6.45, 7) is 0. The predicted molar refractivity (Wildman–Crippen MR) is 124 cm³/mol. The van der Waals surface area contributed by atoms with Crippen molar-refractivity contribution < 1.29 is 17.5 Å². The molecule has 2 aromatic rings. The minimum atomic E-state index is -1.83. The first-order valence-electron chi connectivity index (χ1n) is 7.26. The summed E-state index contributed by atoms with van der Waals surface area (Å²) >= 11 is -3.67. The number of hydrogen-bond donors (Lipinski definition) is 2. The van der Waals surface area contributed by atoms with Crippen molar-refractivity contribution in [1.82, 2.24) is 0 Å². The van der Waals surface area contributed by atoms with E-state index in [9.17, 15) is 8.42 Å². The zero-order valence-corrected chi connectivity index (χ0v) is 23.3. The van der Waals surface area contributed by atoms with E-state index in [0.717, 1.165) is 33.8 Å². The van der Waals surface area contributed by atoms with Crippen LogP contribution in [-0.2, 0) is 45.2 Å². The number of benzene rings is 2. The van der Waals surface area contributed by atoms with Crippen LogP contribution in [0.15, 0.2) is 48.5 Å². The maximum absolute atomic E-state index is 11.0. The van der Waals surface area contributed by atoms with E-state index in [1.54, 1.807) is 31.4 Å². The second-order valence-corrected chi connectivity index (χ2v) is 11.2. The third kappa shape index (κ3) is 11.6. The SMILES string of the molecule is O=S(O)Cc1ccccc1CSSSCc1ccccc1CS(=O)O.[Na].[Na]. The summed E-state index contributed by atoms with van der Waals surface area (Å²) in [5.41, 5.74) is 3.94. The molecule has 0 heterocycles. The third-order valence-corrected chi connectivity index (χ3v) is 8.50. The van der Waals surface area contributed by atoms with Crippen LogP contribution in [0.1, 0.15) is 22.3 Å². The Morgan fingerprint density at radius 2 is 1.00 bits per heavy atom. The topological polar surface area (TPSA) is 74.6 Å². The molecule has 0 fully saturated rings. The van der Waals surface area contributed by atoms with E-state index >= 15 is 0 Å². The van der Waals surface area contributed by atoms with Crippen LogP contribution in [0.25, 0.3) is 0 Å². The Hall–Kier alpha value is 1.71. The molecule has 0 aromatic heterocycles. The Morgan fingerprint density at radius 3 is 1.33 bits per heavy atom. The first-order valence-corrected chi connectivity index (χ1v) is 13.6. The molecule has 27 heavy (non-hydrogen) atoms. The van der Waals surface area contributed by atoms with Crippen molar-refractivity contribution in [1.29, 1.82) is 0 Å². The summed E-state index contributed by atoms with van der Waals surface area (Å²) in [7, 11) is 5.01. The van der Waals surface area contributed by atoms with Gasteiger partial charge in [0.15, 0.2) is 22.2 Å². The largest absolute Gasteiger partial charge is 0.306 e. The summed E-state index contributed by atoms with van der Waals surface area (Å²) in [5.74, 6) is 1.82. The van der Waals surface area contributed by atoms with Crippen molar-refractivity contribution in [3.63, 3.8) is 0 Å². The van der Waals surface area contributed by atoms with Gasteiger partial charge in [0.25, 0.3) is 0 Å². The summed E-state index contributed by atoms with van der Waals surface area (Å²) in [6, 6.07) is 15.3. The van der Waals surface area contributed by atoms with Gasteiger partial charge in [-0.05, 0) is 32.1 Å². The normalized spacial score (nSPS) is 12.5. The van der Waals surface area contributed by atoms with Crippen LogP contribution in [-0.4, -0.2) is 76.6 Å². The molecule has 0 saturated carbocycles. The van der Waals surface area contributed by atoms with Gasteiger partial charge in [0.1, 0.15) is 0 Å². The fourth-order valence-corrected chi connectivity index (χ4v) is 6.96. The van der Waals surface area contributed by atoms with E-state index in [-0.39, 0.29) is 70.6 Å². The molecule has 0 bridgehead atoms. The molecular formula is C16H18Na2O4S5. The zero-order chi connectivity index (χ0) is 18.1. The fraction of sp³-hybridized carbons (Fsp3) is 0.250. The van der Waals surface area contributed by atoms with Crippen LogP contribution in [0.2, 0.25) is 0 Å². The van der Waals surface area contributed by atoms with Crippen molar-refractivity contribution in [2.75, 3.05) is 0 Å². The molecule has 2 atom stereocenters. The summed E-state index contributed by atoms with van der Waals surface area (Å²) in [4.78, 5) is 0. The van der Waals surface area contributed by atoms with E-state index in [4.69, 9.17) is 9.11 Å². The first kappa shape index (κ1) is 28.7. The van der Waals surface area contributed by atoms with Crippen LogP contribution in [0.4, 0.5) is 0 Å². The van der Waals surface area contributed by atoms with Gasteiger partial charge in [-0.15, -0.1) is 0 Å². The van der Waals surface area contributed by atoms with Crippen LogP contribution in [0.5, 0.6) is 0 Å². The molecular weight excluding hydrogens is 462 g/mol. The van der Waals surface area contributed by atoms with Crippen molar-refractivity contribution in [3.05, 3.63) is 70.8 Å². The quantitative estimate of drug-likeness (QED) is 0.230. The smallest absolute Gasteiger partial charge is 0.157 e. The van der Waals surface area contributed by atoms with Gasteiger partial charge >= 0.3 is 0 Å². The predicted octanol–water partition coefficient (Wildman–Crippen LogP) is 4.10. The van der Waals surface area contributed by atoms with Crippen molar-refractivity contribution in [2.24, 2.45) is 0 Å².